The van der Waals surface area contributed by atoms with Gasteiger partial charge >= 0.3 is 19.8 Å². The Labute approximate surface area is 281 Å². The monoisotopic (exact) mass is 673 g/mol. The van der Waals surface area contributed by atoms with Crippen molar-refractivity contribution in [2.24, 2.45) is 5.73 Å². The maximum Gasteiger partial charge on any atom is 0.472 e. The van der Waals surface area contributed by atoms with Gasteiger partial charge in [0.2, 0.25) is 0 Å². The van der Waals surface area contributed by atoms with Gasteiger partial charge in [0, 0.05) is 19.4 Å². The average molecular weight is 674 g/mol. The molecule has 0 amide bonds. The molecule has 2 atom stereocenters. The zero-order valence-corrected chi connectivity index (χ0v) is 30.2. The molecular formula is C36H68NO8P. The zero-order chi connectivity index (χ0) is 34.0. The Bertz CT molecular complexity index is 820. The average Bonchev–Trinajstić information content (AvgIpc) is 3.04. The molecule has 0 aliphatic heterocycles. The number of ether oxygens (including phenoxy) is 2. The lowest BCUT2D eigenvalue weighted by Gasteiger charge is -2.19. The number of phosphoric acid groups is 1. The van der Waals surface area contributed by atoms with Crippen molar-refractivity contribution in [3.8, 4) is 0 Å². The van der Waals surface area contributed by atoms with Crippen molar-refractivity contribution in [2.45, 2.75) is 168 Å². The van der Waals surface area contributed by atoms with Crippen molar-refractivity contribution < 1.29 is 37.6 Å². The lowest BCUT2D eigenvalue weighted by atomic mass is 10.1. The highest BCUT2D eigenvalue weighted by atomic mass is 31.2. The Kier molecular flexibility index (Phi) is 32.3. The standard InChI is InChI=1S/C36H68NO8P/c1-3-5-7-9-11-13-15-16-17-19-20-22-24-26-28-35(38)42-32-34(33-44-46(40,41)43-31-30-37)45-36(39)29-27-25-23-21-18-14-12-10-8-6-4-2/h9,11,15-16,34H,3-8,10,12-14,17-33,37H2,1-2H3,(H,40,41)/b11-9-,16-15-/t34-/m1/s1. The van der Waals surface area contributed by atoms with Crippen LogP contribution in [0.4, 0.5) is 0 Å². The van der Waals surface area contributed by atoms with Crippen molar-refractivity contribution >= 4 is 19.8 Å². The lowest BCUT2D eigenvalue weighted by Crippen LogP contribution is -2.29. The summed E-state index contributed by atoms with van der Waals surface area (Å²) in [5.74, 6) is -0.845. The van der Waals surface area contributed by atoms with Crippen molar-refractivity contribution in [1.82, 2.24) is 0 Å². The first-order valence-corrected chi connectivity index (χ1v) is 19.8. The third kappa shape index (κ3) is 32.4. The fourth-order valence-corrected chi connectivity index (χ4v) is 5.59. The minimum Gasteiger partial charge on any atom is -0.462 e. The minimum atomic E-state index is -4.37. The third-order valence-corrected chi connectivity index (χ3v) is 8.57. The number of carbonyl (C=O) groups excluding carboxylic acids is 2. The van der Waals surface area contributed by atoms with Gasteiger partial charge in [-0.25, -0.2) is 4.57 Å². The number of phosphoric ester groups is 1. The van der Waals surface area contributed by atoms with Crippen LogP contribution in [-0.2, 0) is 32.7 Å². The number of unbranched alkanes of at least 4 members (excludes halogenated alkanes) is 17. The van der Waals surface area contributed by atoms with Crippen molar-refractivity contribution in [3.05, 3.63) is 24.3 Å². The van der Waals surface area contributed by atoms with E-state index in [1.165, 1.54) is 64.2 Å². The predicted molar refractivity (Wildman–Crippen MR) is 187 cm³/mol. The van der Waals surface area contributed by atoms with Crippen molar-refractivity contribution in [1.29, 1.82) is 0 Å². The van der Waals surface area contributed by atoms with Gasteiger partial charge in [0.15, 0.2) is 6.10 Å². The van der Waals surface area contributed by atoms with Gasteiger partial charge in [0.1, 0.15) is 6.61 Å². The Morgan fingerprint density at radius 2 is 1.15 bits per heavy atom. The summed E-state index contributed by atoms with van der Waals surface area (Å²) in [6, 6.07) is 0. The molecule has 0 aliphatic rings. The molecule has 0 aromatic rings. The number of nitrogens with two attached hydrogens (primary N) is 1. The molecule has 46 heavy (non-hydrogen) atoms. The summed E-state index contributed by atoms with van der Waals surface area (Å²) in [4.78, 5) is 34.6. The van der Waals surface area contributed by atoms with E-state index in [2.05, 4.69) is 38.2 Å². The first-order chi connectivity index (χ1) is 22.3. The van der Waals surface area contributed by atoms with Crippen molar-refractivity contribution in [3.63, 3.8) is 0 Å². The number of esters is 2. The van der Waals surface area contributed by atoms with Crippen LogP contribution >= 0.6 is 7.82 Å². The van der Waals surface area contributed by atoms with Crippen molar-refractivity contribution in [2.75, 3.05) is 26.4 Å². The van der Waals surface area contributed by atoms with E-state index in [0.717, 1.165) is 64.2 Å². The summed E-state index contributed by atoms with van der Waals surface area (Å²) in [5.41, 5.74) is 5.32. The second-order valence-corrected chi connectivity index (χ2v) is 13.5. The van der Waals surface area contributed by atoms with Crippen LogP contribution in [0, 0.1) is 0 Å². The molecule has 3 N–H and O–H groups in total. The van der Waals surface area contributed by atoms with E-state index in [0.29, 0.717) is 6.42 Å². The molecule has 270 valence electrons. The van der Waals surface area contributed by atoms with Gasteiger partial charge in [-0.15, -0.1) is 0 Å². The number of allylic oxidation sites excluding steroid dienone is 4. The molecule has 0 fully saturated rings. The molecule has 0 saturated heterocycles. The lowest BCUT2D eigenvalue weighted by molar-refractivity contribution is -0.161. The Hall–Kier alpha value is -1.51. The molecule has 10 heteroatoms. The predicted octanol–water partition coefficient (Wildman–Crippen LogP) is 9.66. The third-order valence-electron chi connectivity index (χ3n) is 7.59. The molecule has 0 heterocycles. The van der Waals surface area contributed by atoms with Crippen LogP contribution in [0.3, 0.4) is 0 Å². The van der Waals surface area contributed by atoms with Crippen LogP contribution in [-0.4, -0.2) is 49.3 Å². The molecule has 9 nitrogen and oxygen atoms in total. The van der Waals surface area contributed by atoms with Crippen LogP contribution in [0.5, 0.6) is 0 Å². The molecule has 0 bridgehead atoms. The highest BCUT2D eigenvalue weighted by Crippen LogP contribution is 2.43. The van der Waals surface area contributed by atoms with E-state index in [9.17, 15) is 19.0 Å². The zero-order valence-electron chi connectivity index (χ0n) is 29.3. The van der Waals surface area contributed by atoms with E-state index >= 15 is 0 Å². The maximum absolute atomic E-state index is 12.5. The Morgan fingerprint density at radius 1 is 0.652 bits per heavy atom. The van der Waals surface area contributed by atoms with E-state index in [1.807, 2.05) is 0 Å². The first-order valence-electron chi connectivity index (χ1n) is 18.3. The number of hydrogen-bond donors (Lipinski definition) is 2. The quantitative estimate of drug-likeness (QED) is 0.0296. The molecule has 0 saturated carbocycles. The Balaban J connectivity index is 4.26. The van der Waals surface area contributed by atoms with E-state index in [4.69, 9.17) is 24.3 Å². The summed E-state index contributed by atoms with van der Waals surface area (Å²) in [7, 11) is -4.37. The summed E-state index contributed by atoms with van der Waals surface area (Å²) in [6.07, 6.45) is 32.0. The van der Waals surface area contributed by atoms with Gasteiger partial charge in [0.25, 0.3) is 0 Å². The van der Waals surface area contributed by atoms with Crippen LogP contribution in [0.15, 0.2) is 24.3 Å². The highest BCUT2D eigenvalue weighted by Gasteiger charge is 2.25. The first kappa shape index (κ1) is 44.5. The molecule has 0 aromatic carbocycles. The normalized spacial score (nSPS) is 13.7. The number of rotatable bonds is 34. The summed E-state index contributed by atoms with van der Waals surface area (Å²) >= 11 is 0. The second kappa shape index (κ2) is 33.4. The smallest absolute Gasteiger partial charge is 0.462 e. The highest BCUT2D eigenvalue weighted by molar-refractivity contribution is 7.47. The second-order valence-electron chi connectivity index (χ2n) is 12.1. The van der Waals surface area contributed by atoms with Gasteiger partial charge < -0.3 is 20.1 Å². The van der Waals surface area contributed by atoms with Crippen LogP contribution in [0.1, 0.15) is 162 Å². The topological polar surface area (TPSA) is 134 Å². The Morgan fingerprint density at radius 3 is 1.72 bits per heavy atom. The van der Waals surface area contributed by atoms with Crippen LogP contribution < -0.4 is 5.73 Å². The fraction of sp³-hybridized carbons (Fsp3) is 0.833. The molecule has 0 aliphatic carbocycles. The number of hydrogen-bond acceptors (Lipinski definition) is 8. The van der Waals surface area contributed by atoms with Gasteiger partial charge in [-0.3, -0.25) is 18.6 Å². The number of carbonyl (C=O) groups is 2. The molecule has 0 rings (SSSR count). The molecule has 1 unspecified atom stereocenters. The van der Waals surface area contributed by atoms with Gasteiger partial charge in [-0.1, -0.05) is 134 Å². The fourth-order valence-electron chi connectivity index (χ4n) is 4.83. The maximum atomic E-state index is 12.5. The summed E-state index contributed by atoms with van der Waals surface area (Å²) in [6.45, 7) is 3.65. The SMILES string of the molecule is CCCC/C=C\C/C=C\CCCCCCCC(=O)OC[C@H](COP(=O)(O)OCCN)OC(=O)CCCCCCCCCCCCC. The van der Waals surface area contributed by atoms with Gasteiger partial charge in [-0.05, 0) is 38.5 Å². The molecular weight excluding hydrogens is 605 g/mol. The summed E-state index contributed by atoms with van der Waals surface area (Å²) < 4.78 is 32.6. The van der Waals surface area contributed by atoms with Crippen LogP contribution in [0.25, 0.3) is 0 Å². The van der Waals surface area contributed by atoms with E-state index in [-0.39, 0.29) is 32.6 Å². The molecule has 0 radical (unpaired) electrons. The minimum absolute atomic E-state index is 0.0526. The summed E-state index contributed by atoms with van der Waals surface area (Å²) in [5, 5.41) is 0. The van der Waals surface area contributed by atoms with Gasteiger partial charge in [-0.2, -0.15) is 0 Å². The largest absolute Gasteiger partial charge is 0.472 e. The molecule has 0 aromatic heterocycles. The van der Waals surface area contributed by atoms with Crippen LogP contribution in [0.2, 0.25) is 0 Å². The van der Waals surface area contributed by atoms with Gasteiger partial charge in [0.05, 0.1) is 13.2 Å². The van der Waals surface area contributed by atoms with E-state index in [1.54, 1.807) is 0 Å². The molecule has 0 spiro atoms. The van der Waals surface area contributed by atoms with E-state index < -0.39 is 32.5 Å².